The molecule has 0 saturated carbocycles. The Labute approximate surface area is 384 Å². The molecule has 322 valence electrons. The number of halogens is 3. The van der Waals surface area contributed by atoms with Gasteiger partial charge in [0, 0.05) is 93.4 Å². The van der Waals surface area contributed by atoms with E-state index >= 15 is 13.2 Å². The van der Waals surface area contributed by atoms with Gasteiger partial charge in [-0.05, 0) is 126 Å². The summed E-state index contributed by atoms with van der Waals surface area (Å²) < 4.78 is 53.6. The van der Waals surface area contributed by atoms with Crippen LogP contribution in [0.4, 0.5) is 18.9 Å². The second-order valence-corrected chi connectivity index (χ2v) is 15.9. The van der Waals surface area contributed by atoms with Gasteiger partial charge in [-0.2, -0.15) is 13.2 Å². The molecule has 68 heavy (non-hydrogen) atoms. The van der Waals surface area contributed by atoms with Gasteiger partial charge in [0.15, 0.2) is 29.0 Å². The summed E-state index contributed by atoms with van der Waals surface area (Å²) in [7, 11) is 0. The van der Waals surface area contributed by atoms with E-state index in [1.54, 1.807) is 119 Å². The average molecular weight is 890 g/mol. The highest BCUT2D eigenvalue weighted by Crippen LogP contribution is 2.47. The van der Waals surface area contributed by atoms with Crippen molar-refractivity contribution in [2.24, 2.45) is 0 Å². The Balaban J connectivity index is 1.21. The first kappa shape index (κ1) is 40.1. The van der Waals surface area contributed by atoms with Gasteiger partial charge in [0.05, 0.1) is 40.0 Å². The van der Waals surface area contributed by atoms with Gasteiger partial charge in [0.25, 0.3) is 0 Å². The van der Waals surface area contributed by atoms with Crippen molar-refractivity contribution in [3.8, 4) is 68.1 Å². The van der Waals surface area contributed by atoms with E-state index in [4.69, 9.17) is 6.57 Å². The number of hydrogen-bond acceptors (Lipinski definition) is 8. The Hall–Kier alpha value is -9.48. The lowest BCUT2D eigenvalue weighted by molar-refractivity contribution is -0.137. The predicted octanol–water partition coefficient (Wildman–Crippen LogP) is 12.9. The van der Waals surface area contributed by atoms with E-state index < -0.39 is 11.7 Å². The van der Waals surface area contributed by atoms with Crippen molar-refractivity contribution >= 4 is 49.3 Å². The molecule has 6 aromatic carbocycles. The van der Waals surface area contributed by atoms with Gasteiger partial charge in [0.2, 0.25) is 0 Å². The zero-order chi connectivity index (χ0) is 45.9. The van der Waals surface area contributed by atoms with Crippen molar-refractivity contribution < 1.29 is 13.2 Å². The largest absolute Gasteiger partial charge is 0.420 e. The second kappa shape index (κ2) is 15.9. The number of rotatable bonds is 7. The predicted molar refractivity (Wildman–Crippen MR) is 256 cm³/mol. The molecule has 0 saturated heterocycles. The van der Waals surface area contributed by atoms with Crippen LogP contribution < -0.4 is 0 Å². The molecule has 0 N–H and O–H groups in total. The molecule has 0 spiro atoms. The molecule has 0 amide bonds. The van der Waals surface area contributed by atoms with Crippen LogP contribution in [0.25, 0.3) is 117 Å². The zero-order valence-corrected chi connectivity index (χ0v) is 35.4. The van der Waals surface area contributed by atoms with Gasteiger partial charge in [-0.1, -0.05) is 18.2 Å². The summed E-state index contributed by atoms with van der Waals surface area (Å²) >= 11 is 0. The summed E-state index contributed by atoms with van der Waals surface area (Å²) in [4.78, 5) is 39.5. The number of hydrogen-bond donors (Lipinski definition) is 0. The normalized spacial score (nSPS) is 11.7. The fraction of sp³-hybridized carbons (Fsp3) is 0.0185. The molecular formula is C54H30F3N11. The zero-order valence-electron chi connectivity index (χ0n) is 35.4. The fourth-order valence-electron chi connectivity index (χ4n) is 9.09. The fourth-order valence-corrected chi connectivity index (χ4v) is 9.09. The van der Waals surface area contributed by atoms with Crippen LogP contribution >= 0.6 is 0 Å². The minimum atomic E-state index is -4.92. The summed E-state index contributed by atoms with van der Waals surface area (Å²) in [6.45, 7) is 7.84. The first-order chi connectivity index (χ1) is 33.3. The number of benzene rings is 6. The summed E-state index contributed by atoms with van der Waals surface area (Å²) in [6.07, 6.45) is 8.25. The number of fused-ring (bicyclic) bond motifs is 6. The monoisotopic (exact) mass is 889 g/mol. The molecule has 0 radical (unpaired) electrons. The number of nitrogens with zero attached hydrogens (tertiary/aromatic N) is 11. The maximum absolute atomic E-state index is 16.8. The van der Waals surface area contributed by atoms with Crippen molar-refractivity contribution in [1.82, 2.24) is 49.0 Å². The van der Waals surface area contributed by atoms with Gasteiger partial charge < -0.3 is 9.13 Å². The highest BCUT2D eigenvalue weighted by atomic mass is 19.4. The molecule has 0 aliphatic carbocycles. The molecular weight excluding hydrogens is 860 g/mol. The molecule has 0 unspecified atom stereocenters. The average Bonchev–Trinajstić information content (AvgIpc) is 3.90. The van der Waals surface area contributed by atoms with Gasteiger partial charge in [-0.15, -0.1) is 0 Å². The molecule has 0 bridgehead atoms. The van der Waals surface area contributed by atoms with Crippen LogP contribution in [0.3, 0.4) is 0 Å². The van der Waals surface area contributed by atoms with Crippen molar-refractivity contribution in [3.05, 3.63) is 200 Å². The lowest BCUT2D eigenvalue weighted by atomic mass is 9.98. The SMILES string of the molecule is [C-]#[N+]c1cccc(-c2cc(-n3c4ccc(-c5ncccn5)cc4c4cc(-c5ncccn5)ccc43)c(C(F)(F)F)c(-n3c4ccc(-c5ncccn5)cc4c4cc(-c5ncccn5)ccc43)c2)c1. The second-order valence-electron chi connectivity index (χ2n) is 15.9. The van der Waals surface area contributed by atoms with E-state index in [0.29, 0.717) is 106 Å². The maximum Gasteiger partial charge on any atom is 0.420 e. The van der Waals surface area contributed by atoms with Crippen molar-refractivity contribution in [2.75, 3.05) is 0 Å². The third-order valence-corrected chi connectivity index (χ3v) is 12.0. The lowest BCUT2D eigenvalue weighted by Crippen LogP contribution is -2.16. The van der Waals surface area contributed by atoms with E-state index in [-0.39, 0.29) is 11.4 Å². The minimum Gasteiger partial charge on any atom is -0.309 e. The molecule has 12 rings (SSSR count). The van der Waals surface area contributed by atoms with E-state index in [0.717, 1.165) is 0 Å². The molecule has 6 aromatic heterocycles. The van der Waals surface area contributed by atoms with Gasteiger partial charge in [0.1, 0.15) is 5.56 Å². The third kappa shape index (κ3) is 6.76. The maximum atomic E-state index is 16.8. The topological polar surface area (TPSA) is 117 Å². The van der Waals surface area contributed by atoms with Crippen LogP contribution in [0.1, 0.15) is 5.56 Å². The van der Waals surface area contributed by atoms with E-state index in [2.05, 4.69) is 44.7 Å². The Morgan fingerprint density at radius 3 is 1.01 bits per heavy atom. The third-order valence-electron chi connectivity index (χ3n) is 12.0. The first-order valence-corrected chi connectivity index (χ1v) is 21.3. The van der Waals surface area contributed by atoms with Crippen molar-refractivity contribution in [2.45, 2.75) is 6.18 Å². The molecule has 0 atom stereocenters. The van der Waals surface area contributed by atoms with Gasteiger partial charge in [-0.25, -0.2) is 44.7 Å². The van der Waals surface area contributed by atoms with Crippen LogP contribution in [-0.2, 0) is 6.18 Å². The minimum absolute atomic E-state index is 0.121. The molecule has 6 heterocycles. The quantitative estimate of drug-likeness (QED) is 0.145. The van der Waals surface area contributed by atoms with Crippen molar-refractivity contribution in [1.29, 1.82) is 0 Å². The molecule has 14 heteroatoms. The Morgan fingerprint density at radius 1 is 0.368 bits per heavy atom. The first-order valence-electron chi connectivity index (χ1n) is 21.3. The van der Waals surface area contributed by atoms with Crippen LogP contribution in [-0.4, -0.2) is 49.0 Å². The van der Waals surface area contributed by atoms with E-state index in [9.17, 15) is 0 Å². The van der Waals surface area contributed by atoms with Crippen LogP contribution in [0.15, 0.2) is 183 Å². The molecule has 0 aliphatic rings. The standard InChI is InChI=1S/C54H30F3N11/c1-58-38-8-2-7-32(25-38)37-30-47(67-43-13-9-33(50-59-17-3-18-60-50)26-39(43)40-27-34(10-14-44(40)67)51-61-19-4-20-62-51)49(54(55,56)57)48(31-37)68-45-15-11-35(52-63-21-5-22-64-52)28-41(45)42-29-36(12-16-46(42)68)53-65-23-6-24-66-53/h2-31H. The Bertz CT molecular complexity index is 3550. The number of alkyl halides is 3. The van der Waals surface area contributed by atoms with Crippen LogP contribution in [0, 0.1) is 6.57 Å². The smallest absolute Gasteiger partial charge is 0.309 e. The van der Waals surface area contributed by atoms with Gasteiger partial charge >= 0.3 is 6.18 Å². The highest BCUT2D eigenvalue weighted by Gasteiger charge is 2.40. The molecule has 12 aromatic rings. The summed E-state index contributed by atoms with van der Waals surface area (Å²) in [5.41, 5.74) is 5.04. The Morgan fingerprint density at radius 2 is 0.706 bits per heavy atom. The summed E-state index contributed by atoms with van der Waals surface area (Å²) in [5, 5.41) is 2.67. The molecule has 11 nitrogen and oxygen atoms in total. The molecule has 0 fully saturated rings. The van der Waals surface area contributed by atoms with Crippen LogP contribution in [0.2, 0.25) is 0 Å². The number of aromatic nitrogens is 10. The summed E-state index contributed by atoms with van der Waals surface area (Å²) in [5.74, 6) is 1.86. The summed E-state index contributed by atoms with van der Waals surface area (Å²) in [6, 6.07) is 39.1. The highest BCUT2D eigenvalue weighted by molar-refractivity contribution is 6.13. The Kier molecular flexibility index (Phi) is 9.36. The lowest BCUT2D eigenvalue weighted by Gasteiger charge is -2.23. The van der Waals surface area contributed by atoms with Crippen LogP contribution in [0.5, 0.6) is 0 Å². The van der Waals surface area contributed by atoms with Gasteiger partial charge in [-0.3, -0.25) is 0 Å². The van der Waals surface area contributed by atoms with Crippen molar-refractivity contribution in [3.63, 3.8) is 0 Å². The molecule has 0 aliphatic heterocycles. The van der Waals surface area contributed by atoms with E-state index in [1.165, 1.54) is 0 Å². The van der Waals surface area contributed by atoms with E-state index in [1.807, 2.05) is 72.8 Å².